The van der Waals surface area contributed by atoms with Crippen molar-refractivity contribution in [3.8, 4) is 0 Å². The minimum absolute atomic E-state index is 0. The molecule has 0 saturated heterocycles. The van der Waals surface area contributed by atoms with Crippen LogP contribution in [-0.4, -0.2) is 39.8 Å². The molecule has 0 fully saturated rings. The summed E-state index contributed by atoms with van der Waals surface area (Å²) in [7, 11) is -2.13. The molecular weight excluding hydrogens is 381 g/mol. The summed E-state index contributed by atoms with van der Waals surface area (Å²) in [5.74, 6) is -0.430. The van der Waals surface area contributed by atoms with Gasteiger partial charge in [0.05, 0.1) is 23.2 Å². The van der Waals surface area contributed by atoms with Gasteiger partial charge in [-0.25, -0.2) is 8.70 Å². The second-order valence-corrected chi connectivity index (χ2v) is 7.51. The summed E-state index contributed by atoms with van der Waals surface area (Å²) >= 11 is 0. The summed E-state index contributed by atoms with van der Waals surface area (Å²) < 4.78 is 41.8. The molecule has 0 radical (unpaired) electrons. The Bertz CT molecular complexity index is 849. The molecule has 26 heavy (non-hydrogen) atoms. The van der Waals surface area contributed by atoms with Gasteiger partial charge in [0.1, 0.15) is 5.82 Å². The summed E-state index contributed by atoms with van der Waals surface area (Å²) in [5, 5.41) is 12.8. The van der Waals surface area contributed by atoms with Gasteiger partial charge in [-0.1, -0.05) is 12.1 Å². The van der Waals surface area contributed by atoms with Gasteiger partial charge in [-0.05, 0) is 49.9 Å². The summed E-state index contributed by atoms with van der Waals surface area (Å²) in [4.78, 5) is 0. The highest BCUT2D eigenvalue weighted by molar-refractivity contribution is 7.95. The third kappa shape index (κ3) is 3.78. The normalized spacial score (nSPS) is 16.1. The van der Waals surface area contributed by atoms with Crippen LogP contribution in [0.2, 0.25) is 0 Å². The highest BCUT2D eigenvalue weighted by atomic mass is 35.5. The average Bonchev–Trinajstić information content (AvgIpc) is 2.80. The predicted octanol–water partition coefficient (Wildman–Crippen LogP) is 2.42. The Morgan fingerprint density at radius 3 is 2.35 bits per heavy atom. The number of nitrogens with zero attached hydrogens (tertiary/aromatic N) is 2. The van der Waals surface area contributed by atoms with Crippen LogP contribution in [0.5, 0.6) is 0 Å². The topological polar surface area (TPSA) is 72.9 Å². The number of para-hydroxylation sites is 2. The Labute approximate surface area is 158 Å². The lowest BCUT2D eigenvalue weighted by molar-refractivity contribution is 0.167. The number of nitrogens with one attached hydrogen (secondary N) is 1. The lowest BCUT2D eigenvalue weighted by Crippen LogP contribution is -2.38. The van der Waals surface area contributed by atoms with E-state index in [2.05, 4.69) is 5.32 Å². The molecule has 0 aliphatic carbocycles. The van der Waals surface area contributed by atoms with Gasteiger partial charge in [0.25, 0.3) is 0 Å². The van der Waals surface area contributed by atoms with Crippen molar-refractivity contribution in [1.82, 2.24) is 5.32 Å². The number of likely N-dealkylation sites (N-methyl/N-ethyl adjacent to an activating group) is 1. The van der Waals surface area contributed by atoms with Crippen molar-refractivity contribution >= 4 is 39.7 Å². The van der Waals surface area contributed by atoms with Crippen LogP contribution in [0.25, 0.3) is 0 Å². The van der Waals surface area contributed by atoms with Crippen molar-refractivity contribution in [2.24, 2.45) is 0 Å². The smallest absolute Gasteiger partial charge is 0.330 e. The zero-order valence-corrected chi connectivity index (χ0v) is 15.8. The van der Waals surface area contributed by atoms with E-state index >= 15 is 0 Å². The molecule has 142 valence electrons. The molecule has 6 nitrogen and oxygen atoms in total. The quantitative estimate of drug-likeness (QED) is 0.779. The van der Waals surface area contributed by atoms with Crippen LogP contribution < -0.4 is 13.9 Å². The van der Waals surface area contributed by atoms with Crippen molar-refractivity contribution in [1.29, 1.82) is 0 Å². The standard InChI is InChI=1S/C17H20FN3O3S.ClH/c1-19-12-15(22)10-11-20-16-4-2-3-5-17(16)21(25(20,23)24)14-8-6-13(18)7-9-14;/h2-9,15,19,22H,10-12H2,1H3;1H/t15-;/m1./s1. The third-order valence-corrected chi connectivity index (χ3v) is 5.85. The molecule has 0 bridgehead atoms. The maximum absolute atomic E-state index is 13.2. The van der Waals surface area contributed by atoms with Crippen LogP contribution in [0, 0.1) is 5.82 Å². The van der Waals surface area contributed by atoms with Crippen molar-refractivity contribution in [3.63, 3.8) is 0 Å². The maximum atomic E-state index is 13.2. The molecular formula is C17H21ClFN3O3S. The second-order valence-electron chi connectivity index (χ2n) is 5.81. The lowest BCUT2D eigenvalue weighted by Gasteiger charge is -2.22. The van der Waals surface area contributed by atoms with Crippen LogP contribution in [0.4, 0.5) is 21.5 Å². The van der Waals surface area contributed by atoms with Crippen LogP contribution in [0.1, 0.15) is 6.42 Å². The first kappa shape index (κ1) is 20.4. The molecule has 1 aliphatic rings. The first-order valence-corrected chi connectivity index (χ1v) is 9.35. The average molecular weight is 402 g/mol. The molecule has 2 aromatic carbocycles. The number of benzene rings is 2. The maximum Gasteiger partial charge on any atom is 0.330 e. The highest BCUT2D eigenvalue weighted by Crippen LogP contribution is 2.45. The van der Waals surface area contributed by atoms with Gasteiger partial charge in [-0.3, -0.25) is 4.31 Å². The molecule has 0 spiro atoms. The van der Waals surface area contributed by atoms with E-state index in [1.165, 1.54) is 32.9 Å². The first-order valence-electron chi connectivity index (χ1n) is 7.95. The van der Waals surface area contributed by atoms with Gasteiger partial charge in [0.2, 0.25) is 0 Å². The van der Waals surface area contributed by atoms with E-state index in [4.69, 9.17) is 0 Å². The summed E-state index contributed by atoms with van der Waals surface area (Å²) in [6, 6.07) is 12.3. The molecule has 2 aromatic rings. The molecule has 1 heterocycles. The van der Waals surface area contributed by atoms with Crippen molar-refractivity contribution in [3.05, 3.63) is 54.3 Å². The number of halogens is 2. The van der Waals surface area contributed by atoms with E-state index in [0.717, 1.165) is 0 Å². The van der Waals surface area contributed by atoms with Crippen molar-refractivity contribution in [2.75, 3.05) is 28.7 Å². The zero-order valence-electron chi connectivity index (χ0n) is 14.2. The SMILES string of the molecule is CNC[C@H](O)CCN1c2ccccc2N(c2ccc(F)cc2)S1(=O)=O.Cl. The van der Waals surface area contributed by atoms with Crippen LogP contribution in [0.15, 0.2) is 48.5 Å². The Kier molecular flexibility index (Phi) is 6.46. The van der Waals surface area contributed by atoms with E-state index in [9.17, 15) is 17.9 Å². The molecule has 0 amide bonds. The third-order valence-electron chi connectivity index (χ3n) is 4.04. The van der Waals surface area contributed by atoms with Crippen LogP contribution in [-0.2, 0) is 10.2 Å². The summed E-state index contributed by atoms with van der Waals surface area (Å²) in [5.41, 5.74) is 1.42. The minimum Gasteiger partial charge on any atom is -0.392 e. The number of rotatable bonds is 6. The predicted molar refractivity (Wildman–Crippen MR) is 103 cm³/mol. The Morgan fingerprint density at radius 1 is 1.12 bits per heavy atom. The van der Waals surface area contributed by atoms with Gasteiger partial charge < -0.3 is 10.4 Å². The molecule has 1 aliphatic heterocycles. The van der Waals surface area contributed by atoms with Gasteiger partial charge in [-0.2, -0.15) is 8.42 Å². The fourth-order valence-electron chi connectivity index (χ4n) is 2.88. The summed E-state index contributed by atoms with van der Waals surface area (Å²) in [6.07, 6.45) is -0.349. The van der Waals surface area contributed by atoms with E-state index < -0.39 is 22.1 Å². The van der Waals surface area contributed by atoms with Gasteiger partial charge in [0, 0.05) is 13.1 Å². The van der Waals surface area contributed by atoms with E-state index in [1.807, 2.05) is 0 Å². The second kappa shape index (κ2) is 8.22. The molecule has 3 rings (SSSR count). The first-order chi connectivity index (χ1) is 11.9. The number of fused-ring (bicyclic) bond motifs is 1. The number of anilines is 3. The van der Waals surface area contributed by atoms with Crippen LogP contribution >= 0.6 is 12.4 Å². The molecule has 9 heteroatoms. The van der Waals surface area contributed by atoms with Gasteiger partial charge in [0.15, 0.2) is 0 Å². The van der Waals surface area contributed by atoms with Gasteiger partial charge >= 0.3 is 10.2 Å². The fraction of sp³-hybridized carbons (Fsp3) is 0.294. The fourth-order valence-corrected chi connectivity index (χ4v) is 4.61. The monoisotopic (exact) mass is 401 g/mol. The largest absolute Gasteiger partial charge is 0.392 e. The number of aliphatic hydroxyl groups is 1. The molecule has 0 unspecified atom stereocenters. The van der Waals surface area contributed by atoms with Gasteiger partial charge in [-0.15, -0.1) is 12.4 Å². The molecule has 0 saturated carbocycles. The highest BCUT2D eigenvalue weighted by Gasteiger charge is 2.41. The number of aliphatic hydroxyl groups excluding tert-OH is 1. The number of hydrogen-bond donors (Lipinski definition) is 2. The zero-order chi connectivity index (χ0) is 18.0. The van der Waals surface area contributed by atoms with Crippen LogP contribution in [0.3, 0.4) is 0 Å². The lowest BCUT2D eigenvalue weighted by atomic mass is 10.2. The summed E-state index contributed by atoms with van der Waals surface area (Å²) in [6.45, 7) is 0.539. The van der Waals surface area contributed by atoms with Crippen molar-refractivity contribution in [2.45, 2.75) is 12.5 Å². The molecule has 2 N–H and O–H groups in total. The Balaban J connectivity index is 0.00000243. The minimum atomic E-state index is -3.85. The Morgan fingerprint density at radius 2 is 1.73 bits per heavy atom. The Hall–Kier alpha value is -1.87. The van der Waals surface area contributed by atoms with E-state index in [-0.39, 0.29) is 19.0 Å². The number of hydrogen-bond acceptors (Lipinski definition) is 4. The van der Waals surface area contributed by atoms with Crippen molar-refractivity contribution < 1.29 is 17.9 Å². The van der Waals surface area contributed by atoms with E-state index in [1.54, 1.807) is 31.3 Å². The molecule has 1 atom stereocenters. The van der Waals surface area contributed by atoms with E-state index in [0.29, 0.717) is 30.0 Å². The molecule has 0 aromatic heterocycles.